The van der Waals surface area contributed by atoms with E-state index in [1.165, 1.54) is 12.1 Å². The number of fused-ring (bicyclic) bond motifs is 4. The Kier molecular flexibility index (Phi) is 5.46. The zero-order valence-corrected chi connectivity index (χ0v) is 19.2. The molecule has 0 spiro atoms. The van der Waals surface area contributed by atoms with Crippen molar-refractivity contribution in [3.05, 3.63) is 65.8 Å². The first-order chi connectivity index (χ1) is 17.7. The van der Waals surface area contributed by atoms with Crippen LogP contribution in [-0.2, 0) is 16.0 Å². The van der Waals surface area contributed by atoms with Gasteiger partial charge in [-0.3, -0.25) is 4.79 Å². The van der Waals surface area contributed by atoms with Crippen LogP contribution in [0.15, 0.2) is 60.2 Å². The predicted molar refractivity (Wildman–Crippen MR) is 124 cm³/mol. The summed E-state index contributed by atoms with van der Waals surface area (Å²) in [5.41, 5.74) is 1.19. The zero-order chi connectivity index (χ0) is 25.7. The Morgan fingerprint density at radius 2 is 1.95 bits per heavy atom. The van der Waals surface area contributed by atoms with E-state index in [0.29, 0.717) is 36.5 Å². The molecule has 1 aromatic carbocycles. The first-order valence-electron chi connectivity index (χ1n) is 11.7. The van der Waals surface area contributed by atoms with Gasteiger partial charge in [0.05, 0.1) is 6.04 Å². The summed E-state index contributed by atoms with van der Waals surface area (Å²) in [5, 5.41) is 8.25. The minimum absolute atomic E-state index is 0.0477. The van der Waals surface area contributed by atoms with Crippen molar-refractivity contribution in [1.82, 2.24) is 10.3 Å². The van der Waals surface area contributed by atoms with Crippen molar-refractivity contribution in [2.24, 2.45) is 11.8 Å². The summed E-state index contributed by atoms with van der Waals surface area (Å²) in [4.78, 5) is 28.3. The molecule has 3 amide bonds. The maximum atomic E-state index is 12.5. The van der Waals surface area contributed by atoms with Gasteiger partial charge < -0.3 is 30.2 Å². The molecule has 1 aromatic heterocycles. The number of amides is 3. The van der Waals surface area contributed by atoms with Crippen LogP contribution in [0.25, 0.3) is 0 Å². The Morgan fingerprint density at radius 3 is 2.73 bits per heavy atom. The highest BCUT2D eigenvalue weighted by molar-refractivity contribution is 5.93. The van der Waals surface area contributed by atoms with Crippen LogP contribution in [0.1, 0.15) is 18.4 Å². The molecule has 4 aliphatic rings. The number of nitrogens with zero attached hydrogens (tertiary/aromatic N) is 1. The van der Waals surface area contributed by atoms with Crippen LogP contribution in [0.2, 0.25) is 0 Å². The quantitative estimate of drug-likeness (QED) is 0.550. The molecule has 2 aromatic rings. The average molecular weight is 514 g/mol. The zero-order valence-electron chi connectivity index (χ0n) is 19.2. The molecular weight excluding hydrogens is 493 g/mol. The van der Waals surface area contributed by atoms with E-state index in [-0.39, 0.29) is 35.6 Å². The molecule has 2 aliphatic carbocycles. The second kappa shape index (κ2) is 8.71. The van der Waals surface area contributed by atoms with Gasteiger partial charge in [0.2, 0.25) is 5.91 Å². The second-order valence-corrected chi connectivity index (χ2v) is 9.16. The van der Waals surface area contributed by atoms with Gasteiger partial charge in [-0.05, 0) is 48.9 Å². The van der Waals surface area contributed by atoms with Gasteiger partial charge in [0.25, 0.3) is 0 Å². The normalized spacial score (nSPS) is 25.2. The van der Waals surface area contributed by atoms with Crippen LogP contribution < -0.4 is 25.4 Å². The maximum absolute atomic E-state index is 12.5. The van der Waals surface area contributed by atoms with Gasteiger partial charge in [0, 0.05) is 42.1 Å². The molecule has 37 heavy (non-hydrogen) atoms. The first-order valence-corrected chi connectivity index (χ1v) is 11.7. The van der Waals surface area contributed by atoms with E-state index in [2.05, 4.69) is 25.7 Å². The van der Waals surface area contributed by atoms with Crippen LogP contribution in [0, 0.1) is 11.8 Å². The smallest absolute Gasteiger partial charge is 0.492 e. The minimum atomic E-state index is -4.78. The van der Waals surface area contributed by atoms with Gasteiger partial charge in [0.1, 0.15) is 34.9 Å². The van der Waals surface area contributed by atoms with E-state index in [1.807, 2.05) is 12.2 Å². The minimum Gasteiger partial charge on any atom is -0.492 e. The van der Waals surface area contributed by atoms with Crippen LogP contribution in [0.5, 0.6) is 11.5 Å². The number of anilines is 2. The first kappa shape index (κ1) is 23.2. The fourth-order valence-electron chi connectivity index (χ4n) is 5.04. The Balaban J connectivity index is 1.04. The highest BCUT2D eigenvalue weighted by Crippen LogP contribution is 2.55. The second-order valence-electron chi connectivity index (χ2n) is 9.16. The number of alkyl halides is 3. The summed E-state index contributed by atoms with van der Waals surface area (Å²) in [6.45, 7) is 0. The average Bonchev–Trinajstić information content (AvgIpc) is 3.35. The Labute approximate surface area is 208 Å². The van der Waals surface area contributed by atoms with Gasteiger partial charge in [-0.2, -0.15) is 0 Å². The third kappa shape index (κ3) is 4.78. The standard InChI is InChI=1S/C25H21F3N4O5/c26-25(27,28)37-13-3-1-12(2-4-13)30-24(34)32-21-20-16-11-14(5-7-17(16)36-22(20)21)35-18-9-10-29-23-15(18)6-8-19(33)31-23/h1-5,7,9-10,16,20-22H,6,8,11H2,(H,29,31,33)(H2,30,32,34)/t16?,20-,21-,22-/m0/s1. The van der Waals surface area contributed by atoms with Gasteiger partial charge in [-0.15, -0.1) is 13.2 Å². The lowest BCUT2D eigenvalue weighted by Crippen LogP contribution is -2.35. The van der Waals surface area contributed by atoms with Crippen molar-refractivity contribution >= 4 is 23.4 Å². The molecule has 4 atom stereocenters. The van der Waals surface area contributed by atoms with Crippen LogP contribution >= 0.6 is 0 Å². The van der Waals surface area contributed by atoms with E-state index in [9.17, 15) is 22.8 Å². The number of benzene rings is 1. The van der Waals surface area contributed by atoms with Crippen LogP contribution in [0.3, 0.4) is 0 Å². The molecule has 0 bridgehead atoms. The van der Waals surface area contributed by atoms with Crippen molar-refractivity contribution < 1.29 is 37.0 Å². The summed E-state index contributed by atoms with van der Waals surface area (Å²) in [6, 6.07) is 6.00. The van der Waals surface area contributed by atoms with Crippen LogP contribution in [0.4, 0.5) is 29.5 Å². The number of halogens is 3. The lowest BCUT2D eigenvalue weighted by atomic mass is 9.93. The number of rotatable bonds is 5. The molecule has 9 nitrogen and oxygen atoms in total. The Bertz CT molecular complexity index is 1320. The molecule has 2 aliphatic heterocycles. The van der Waals surface area contributed by atoms with Gasteiger partial charge >= 0.3 is 12.4 Å². The Hall–Kier alpha value is -4.22. The summed E-state index contributed by atoms with van der Waals surface area (Å²) in [6.07, 6.45) is 1.93. The lowest BCUT2D eigenvalue weighted by molar-refractivity contribution is -0.274. The highest BCUT2D eigenvalue weighted by Gasteiger charge is 2.64. The number of carbonyl (C=O) groups is 2. The molecule has 3 heterocycles. The van der Waals surface area contributed by atoms with E-state index in [4.69, 9.17) is 9.47 Å². The maximum Gasteiger partial charge on any atom is 0.573 e. The van der Waals surface area contributed by atoms with E-state index in [1.54, 1.807) is 12.3 Å². The van der Waals surface area contributed by atoms with Gasteiger partial charge in [-0.1, -0.05) is 0 Å². The van der Waals surface area contributed by atoms with Gasteiger partial charge in [-0.25, -0.2) is 9.78 Å². The molecule has 1 saturated carbocycles. The Morgan fingerprint density at radius 1 is 1.14 bits per heavy atom. The van der Waals surface area contributed by atoms with E-state index in [0.717, 1.165) is 29.2 Å². The van der Waals surface area contributed by atoms with Crippen molar-refractivity contribution in [1.29, 1.82) is 0 Å². The molecule has 2 fully saturated rings. The van der Waals surface area contributed by atoms with E-state index < -0.39 is 12.4 Å². The number of allylic oxidation sites excluding steroid dienone is 4. The number of urea groups is 1. The number of ether oxygens (including phenoxy) is 3. The van der Waals surface area contributed by atoms with Gasteiger partial charge in [0.15, 0.2) is 0 Å². The topological polar surface area (TPSA) is 111 Å². The fraction of sp³-hybridized carbons (Fsp3) is 0.320. The number of carbonyl (C=O) groups excluding carboxylic acids is 2. The summed E-state index contributed by atoms with van der Waals surface area (Å²) < 4.78 is 52.9. The lowest BCUT2D eigenvalue weighted by Gasteiger charge is -2.24. The molecule has 6 rings (SSSR count). The fourth-order valence-corrected chi connectivity index (χ4v) is 5.04. The highest BCUT2D eigenvalue weighted by atomic mass is 19.4. The SMILES string of the molecule is O=C1CCc2c(OC3=CC=C4O[C@@H]5[C@@H](NC(=O)Nc6ccc(OC(F)(F)F)cc6)[C@@H]5C4C3)ccnc2N1. The number of hydrogen-bond acceptors (Lipinski definition) is 6. The summed E-state index contributed by atoms with van der Waals surface area (Å²) >= 11 is 0. The number of aromatic nitrogens is 1. The molecule has 1 saturated heterocycles. The summed E-state index contributed by atoms with van der Waals surface area (Å²) in [7, 11) is 0. The number of hydrogen-bond donors (Lipinski definition) is 3. The van der Waals surface area contributed by atoms with E-state index >= 15 is 0 Å². The predicted octanol–water partition coefficient (Wildman–Crippen LogP) is 4.25. The molecular formula is C25H21F3N4O5. The molecule has 192 valence electrons. The largest absolute Gasteiger partial charge is 0.573 e. The summed E-state index contributed by atoms with van der Waals surface area (Å²) in [5.74, 6) is 2.46. The molecule has 0 radical (unpaired) electrons. The van der Waals surface area contributed by atoms with Crippen molar-refractivity contribution in [2.75, 3.05) is 10.6 Å². The third-order valence-electron chi connectivity index (χ3n) is 6.72. The van der Waals surface area contributed by atoms with Crippen molar-refractivity contribution in [2.45, 2.75) is 37.8 Å². The third-order valence-corrected chi connectivity index (χ3v) is 6.72. The molecule has 3 N–H and O–H groups in total. The molecule has 1 unspecified atom stereocenters. The van der Waals surface area contributed by atoms with Crippen molar-refractivity contribution in [3.8, 4) is 11.5 Å². The van der Waals surface area contributed by atoms with Crippen LogP contribution in [-0.4, -0.2) is 35.4 Å². The number of nitrogens with one attached hydrogen (secondary N) is 3. The number of pyridine rings is 1. The van der Waals surface area contributed by atoms with Crippen molar-refractivity contribution in [3.63, 3.8) is 0 Å². The molecule has 12 heteroatoms. The monoisotopic (exact) mass is 514 g/mol.